The molecule has 2 N–H and O–H groups in total. The molecular formula is C17H32O2. The Morgan fingerprint density at radius 2 is 1.84 bits per heavy atom. The molecule has 1 rings (SSSR count). The van der Waals surface area contributed by atoms with E-state index in [2.05, 4.69) is 27.4 Å². The molecule has 1 saturated carbocycles. The molecule has 0 spiro atoms. The minimum atomic E-state index is -0.808. The maximum Gasteiger partial charge on any atom is 0.0767 e. The highest BCUT2D eigenvalue weighted by Gasteiger charge is 2.52. The molecule has 0 saturated heterocycles. The Morgan fingerprint density at radius 3 is 2.26 bits per heavy atom. The van der Waals surface area contributed by atoms with E-state index in [1.807, 2.05) is 19.9 Å². The molecule has 2 nitrogen and oxygen atoms in total. The highest BCUT2D eigenvalue weighted by molar-refractivity contribution is 5.05. The van der Waals surface area contributed by atoms with Gasteiger partial charge < -0.3 is 10.2 Å². The van der Waals surface area contributed by atoms with Crippen molar-refractivity contribution in [3.63, 3.8) is 0 Å². The van der Waals surface area contributed by atoms with Gasteiger partial charge in [0.1, 0.15) is 0 Å². The fourth-order valence-electron chi connectivity index (χ4n) is 4.09. The minimum Gasteiger partial charge on any atom is -0.392 e. The lowest BCUT2D eigenvalue weighted by Gasteiger charge is -2.52. The van der Waals surface area contributed by atoms with Gasteiger partial charge in [0.05, 0.1) is 11.7 Å². The second-order valence-electron chi connectivity index (χ2n) is 7.15. The van der Waals surface area contributed by atoms with Crippen LogP contribution in [0.4, 0.5) is 0 Å². The van der Waals surface area contributed by atoms with Gasteiger partial charge in [-0.2, -0.15) is 0 Å². The number of hydrogen-bond donors (Lipinski definition) is 2. The van der Waals surface area contributed by atoms with Gasteiger partial charge in [-0.25, -0.2) is 0 Å². The van der Waals surface area contributed by atoms with Gasteiger partial charge in [0.15, 0.2) is 0 Å². The molecule has 19 heavy (non-hydrogen) atoms. The first-order valence-corrected chi connectivity index (χ1v) is 7.77. The van der Waals surface area contributed by atoms with Crippen molar-refractivity contribution < 1.29 is 10.2 Å². The summed E-state index contributed by atoms with van der Waals surface area (Å²) in [6, 6.07) is 0. The van der Waals surface area contributed by atoms with E-state index < -0.39 is 11.7 Å². The Hall–Kier alpha value is -0.340. The second kappa shape index (κ2) is 6.41. The van der Waals surface area contributed by atoms with Crippen LogP contribution in [-0.4, -0.2) is 21.9 Å². The van der Waals surface area contributed by atoms with E-state index in [9.17, 15) is 10.2 Å². The van der Waals surface area contributed by atoms with Crippen LogP contribution in [0.1, 0.15) is 53.9 Å². The molecule has 0 unspecified atom stereocenters. The second-order valence-corrected chi connectivity index (χ2v) is 7.15. The van der Waals surface area contributed by atoms with Gasteiger partial charge in [-0.1, -0.05) is 40.7 Å². The van der Waals surface area contributed by atoms with Crippen LogP contribution in [-0.2, 0) is 0 Å². The third kappa shape index (κ3) is 3.22. The van der Waals surface area contributed by atoms with Crippen molar-refractivity contribution in [2.24, 2.45) is 29.6 Å². The molecule has 1 aliphatic carbocycles. The van der Waals surface area contributed by atoms with Crippen molar-refractivity contribution in [1.29, 1.82) is 0 Å². The average Bonchev–Trinajstić information content (AvgIpc) is 2.27. The SMILES string of the molecule is C=CC[C@@]1(O)[C@@H]([C@H](O)C(C)C)[C@H](C)CC[C@@H]1C(C)C. The van der Waals surface area contributed by atoms with Crippen molar-refractivity contribution >= 4 is 0 Å². The molecule has 1 fully saturated rings. The zero-order valence-corrected chi connectivity index (χ0v) is 13.3. The van der Waals surface area contributed by atoms with Crippen LogP contribution in [0.25, 0.3) is 0 Å². The van der Waals surface area contributed by atoms with Crippen molar-refractivity contribution in [1.82, 2.24) is 0 Å². The summed E-state index contributed by atoms with van der Waals surface area (Å²) in [7, 11) is 0. The Labute approximate surface area is 118 Å². The smallest absolute Gasteiger partial charge is 0.0767 e. The quantitative estimate of drug-likeness (QED) is 0.748. The zero-order valence-electron chi connectivity index (χ0n) is 13.3. The van der Waals surface area contributed by atoms with E-state index in [4.69, 9.17) is 0 Å². The Balaban J connectivity index is 3.15. The Kier molecular flexibility index (Phi) is 5.64. The summed E-state index contributed by atoms with van der Waals surface area (Å²) in [4.78, 5) is 0. The summed E-state index contributed by atoms with van der Waals surface area (Å²) < 4.78 is 0. The molecular weight excluding hydrogens is 236 g/mol. The molecule has 0 aromatic carbocycles. The summed E-state index contributed by atoms with van der Waals surface area (Å²) in [5.41, 5.74) is -0.808. The first kappa shape index (κ1) is 16.7. The lowest BCUT2D eigenvalue weighted by molar-refractivity contribution is -0.168. The third-order valence-corrected chi connectivity index (χ3v) is 5.09. The van der Waals surface area contributed by atoms with Crippen molar-refractivity contribution in [3.8, 4) is 0 Å². The van der Waals surface area contributed by atoms with Crippen molar-refractivity contribution in [3.05, 3.63) is 12.7 Å². The Morgan fingerprint density at radius 1 is 1.26 bits per heavy atom. The summed E-state index contributed by atoms with van der Waals surface area (Å²) >= 11 is 0. The summed E-state index contributed by atoms with van der Waals surface area (Å²) in [5.74, 6) is 1.16. The first-order valence-electron chi connectivity index (χ1n) is 7.77. The molecule has 0 aromatic heterocycles. The lowest BCUT2D eigenvalue weighted by Crippen LogP contribution is -2.57. The average molecular weight is 268 g/mol. The maximum absolute atomic E-state index is 11.3. The maximum atomic E-state index is 11.3. The Bertz CT molecular complexity index is 298. The molecule has 5 atom stereocenters. The topological polar surface area (TPSA) is 40.5 Å². The minimum absolute atomic E-state index is 0.0494. The highest BCUT2D eigenvalue weighted by Crippen LogP contribution is 2.49. The van der Waals surface area contributed by atoms with Gasteiger partial charge in [0, 0.05) is 5.92 Å². The van der Waals surface area contributed by atoms with E-state index in [1.54, 1.807) is 0 Å². The largest absolute Gasteiger partial charge is 0.392 e. The normalized spacial score (nSPS) is 37.6. The van der Waals surface area contributed by atoms with Crippen LogP contribution in [0.3, 0.4) is 0 Å². The number of hydrogen-bond acceptors (Lipinski definition) is 2. The molecule has 0 aliphatic heterocycles. The predicted molar refractivity (Wildman–Crippen MR) is 80.8 cm³/mol. The molecule has 0 radical (unpaired) electrons. The molecule has 0 aromatic rings. The summed E-state index contributed by atoms with van der Waals surface area (Å²) in [5, 5.41) is 21.9. The van der Waals surface area contributed by atoms with Crippen LogP contribution in [0.15, 0.2) is 12.7 Å². The van der Waals surface area contributed by atoms with Gasteiger partial charge in [0.25, 0.3) is 0 Å². The molecule has 2 heteroatoms. The van der Waals surface area contributed by atoms with Gasteiger partial charge in [0.2, 0.25) is 0 Å². The van der Waals surface area contributed by atoms with E-state index in [0.29, 0.717) is 18.3 Å². The summed E-state index contributed by atoms with van der Waals surface area (Å²) in [6.45, 7) is 14.4. The molecule has 0 amide bonds. The van der Waals surface area contributed by atoms with E-state index in [-0.39, 0.29) is 17.8 Å². The van der Waals surface area contributed by atoms with Gasteiger partial charge >= 0.3 is 0 Å². The van der Waals surface area contributed by atoms with Gasteiger partial charge in [-0.05, 0) is 42.9 Å². The van der Waals surface area contributed by atoms with E-state index in [1.165, 1.54) is 0 Å². The number of aliphatic hydroxyl groups is 2. The van der Waals surface area contributed by atoms with Crippen molar-refractivity contribution in [2.75, 3.05) is 0 Å². The summed E-state index contributed by atoms with van der Waals surface area (Å²) in [6.07, 6.45) is 4.09. The third-order valence-electron chi connectivity index (χ3n) is 5.09. The van der Waals surface area contributed by atoms with E-state index >= 15 is 0 Å². The molecule has 0 bridgehead atoms. The monoisotopic (exact) mass is 268 g/mol. The zero-order chi connectivity index (χ0) is 14.8. The number of rotatable bonds is 5. The predicted octanol–water partition coefficient (Wildman–Crippen LogP) is 3.63. The first-order chi connectivity index (χ1) is 8.75. The fourth-order valence-corrected chi connectivity index (χ4v) is 4.09. The molecule has 1 aliphatic rings. The highest BCUT2D eigenvalue weighted by atomic mass is 16.3. The van der Waals surface area contributed by atoms with Crippen LogP contribution in [0.5, 0.6) is 0 Å². The van der Waals surface area contributed by atoms with Gasteiger partial charge in [-0.3, -0.25) is 0 Å². The molecule has 0 heterocycles. The van der Waals surface area contributed by atoms with Crippen molar-refractivity contribution in [2.45, 2.75) is 65.6 Å². The van der Waals surface area contributed by atoms with Crippen LogP contribution in [0, 0.1) is 29.6 Å². The van der Waals surface area contributed by atoms with E-state index in [0.717, 1.165) is 12.8 Å². The molecule has 112 valence electrons. The standard InChI is InChI=1S/C17H32O2/c1-7-10-17(19)14(11(2)3)9-8-13(6)15(17)16(18)12(4)5/h7,11-16,18-19H,1,8-10H2,2-6H3/t13-,14-,15-,16-,17+/m1/s1. The fraction of sp³-hybridized carbons (Fsp3) is 0.882. The van der Waals surface area contributed by atoms with Crippen LogP contribution in [0.2, 0.25) is 0 Å². The lowest BCUT2D eigenvalue weighted by atomic mass is 9.57. The van der Waals surface area contributed by atoms with Gasteiger partial charge in [-0.15, -0.1) is 6.58 Å². The number of aliphatic hydroxyl groups excluding tert-OH is 1. The van der Waals surface area contributed by atoms with Crippen LogP contribution < -0.4 is 0 Å². The van der Waals surface area contributed by atoms with Crippen LogP contribution >= 0.6 is 0 Å².